The van der Waals surface area contributed by atoms with Crippen LogP contribution in [0.1, 0.15) is 42.4 Å². The number of ether oxygens (including phenoxy) is 1. The molecule has 2 heterocycles. The van der Waals surface area contributed by atoms with Crippen molar-refractivity contribution >= 4 is 29.5 Å². The number of hydrogen-bond donors (Lipinski definition) is 2. The van der Waals surface area contributed by atoms with Gasteiger partial charge in [-0.25, -0.2) is 0 Å². The van der Waals surface area contributed by atoms with Crippen molar-refractivity contribution in [3.63, 3.8) is 0 Å². The van der Waals surface area contributed by atoms with E-state index in [4.69, 9.17) is 0 Å². The van der Waals surface area contributed by atoms with Crippen LogP contribution in [0.3, 0.4) is 0 Å². The maximum atomic E-state index is 12.8. The summed E-state index contributed by atoms with van der Waals surface area (Å²) in [6, 6.07) is 16.4. The highest BCUT2D eigenvalue weighted by Crippen LogP contribution is 2.38. The molecule has 0 aromatic heterocycles. The average Bonchev–Trinajstić information content (AvgIpc) is 2.88. The number of carbonyl (C=O) groups is 2. The number of nitrogens with zero attached hydrogens (tertiary/aromatic N) is 3. The van der Waals surface area contributed by atoms with Gasteiger partial charge < -0.3 is 20.1 Å². The topological polar surface area (TPSA) is 94.5 Å². The van der Waals surface area contributed by atoms with Gasteiger partial charge in [-0.2, -0.15) is 5.10 Å². The van der Waals surface area contributed by atoms with Crippen molar-refractivity contribution < 1.29 is 19.4 Å². The van der Waals surface area contributed by atoms with Gasteiger partial charge in [0.25, 0.3) is 5.91 Å². The minimum atomic E-state index is -0.590. The van der Waals surface area contributed by atoms with Crippen molar-refractivity contribution in [1.82, 2.24) is 10.3 Å². The summed E-state index contributed by atoms with van der Waals surface area (Å²) in [6.07, 6.45) is 3.67. The van der Waals surface area contributed by atoms with Gasteiger partial charge in [-0.15, -0.1) is 0 Å². The molecule has 2 aliphatic rings. The molecule has 0 spiro atoms. The predicted octanol–water partition coefficient (Wildman–Crippen LogP) is 3.41. The first-order valence-corrected chi connectivity index (χ1v) is 11.5. The second-order valence-corrected chi connectivity index (χ2v) is 8.36. The van der Waals surface area contributed by atoms with Gasteiger partial charge in [-0.3, -0.25) is 14.6 Å². The molecule has 0 bridgehead atoms. The molecule has 0 radical (unpaired) electrons. The zero-order valence-corrected chi connectivity index (χ0v) is 19.5. The van der Waals surface area contributed by atoms with Gasteiger partial charge in [0, 0.05) is 36.1 Å². The Morgan fingerprint density at radius 2 is 1.88 bits per heavy atom. The maximum absolute atomic E-state index is 12.8. The van der Waals surface area contributed by atoms with E-state index in [1.165, 1.54) is 17.7 Å². The smallest absolute Gasteiger partial charge is 0.325 e. The molecule has 4 rings (SSSR count). The minimum absolute atomic E-state index is 0.00874. The number of carbonyl (C=O) groups excluding carboxylic acids is 2. The van der Waals surface area contributed by atoms with E-state index < -0.39 is 11.9 Å². The molecule has 2 aliphatic heterocycles. The molecule has 2 aromatic rings. The highest BCUT2D eigenvalue weighted by molar-refractivity contribution is 6.01. The van der Waals surface area contributed by atoms with Crippen molar-refractivity contribution in [2.24, 2.45) is 5.10 Å². The normalized spacial score (nSPS) is 16.5. The van der Waals surface area contributed by atoms with Crippen molar-refractivity contribution in [2.75, 3.05) is 31.6 Å². The second kappa shape index (κ2) is 10.4. The average molecular weight is 463 g/mol. The molecule has 8 heteroatoms. The number of hydrazone groups is 1. The number of fused-ring (bicyclic) bond motifs is 1. The first kappa shape index (κ1) is 23.4. The summed E-state index contributed by atoms with van der Waals surface area (Å²) < 4.78 is 4.58. The fourth-order valence-electron chi connectivity index (χ4n) is 4.69. The van der Waals surface area contributed by atoms with Crippen molar-refractivity contribution in [1.29, 1.82) is 0 Å². The number of amides is 1. The molecule has 8 nitrogen and oxygen atoms in total. The monoisotopic (exact) mass is 462 g/mol. The lowest BCUT2D eigenvalue weighted by atomic mass is 9.88. The molecule has 1 amide bonds. The van der Waals surface area contributed by atoms with Crippen molar-refractivity contribution in [3.05, 3.63) is 70.9 Å². The highest BCUT2D eigenvalue weighted by atomic mass is 16.5. The van der Waals surface area contributed by atoms with Gasteiger partial charge in [0.05, 0.1) is 13.7 Å². The predicted molar refractivity (Wildman–Crippen MR) is 131 cm³/mol. The molecule has 0 atom stereocenters. The molecule has 0 unspecified atom stereocenters. The molecule has 0 saturated carbocycles. The molecule has 1 saturated heterocycles. The molecular formula is C26H30N4O4. The number of piperidine rings is 1. The summed E-state index contributed by atoms with van der Waals surface area (Å²) >= 11 is 0. The van der Waals surface area contributed by atoms with Crippen molar-refractivity contribution in [2.45, 2.75) is 32.2 Å². The van der Waals surface area contributed by atoms with Crippen LogP contribution in [0.4, 0.5) is 5.69 Å². The summed E-state index contributed by atoms with van der Waals surface area (Å²) in [4.78, 5) is 26.6. The molecule has 2 N–H and O–H groups in total. The summed E-state index contributed by atoms with van der Waals surface area (Å²) in [5.74, 6) is -0.781. The molecule has 34 heavy (non-hydrogen) atoms. The van der Waals surface area contributed by atoms with E-state index in [-0.39, 0.29) is 18.0 Å². The number of rotatable bonds is 6. The molecule has 178 valence electrons. The number of aliphatic hydroxyl groups excluding tert-OH is 1. The third-order valence-electron chi connectivity index (χ3n) is 6.39. The molecule has 2 aromatic carbocycles. The van der Waals surface area contributed by atoms with Gasteiger partial charge in [0.15, 0.2) is 11.5 Å². The van der Waals surface area contributed by atoms with E-state index in [9.17, 15) is 14.7 Å². The first-order valence-electron chi connectivity index (χ1n) is 11.5. The number of benzene rings is 2. The van der Waals surface area contributed by atoms with Crippen LogP contribution in [0.2, 0.25) is 0 Å². The van der Waals surface area contributed by atoms with Crippen molar-refractivity contribution in [3.8, 4) is 0 Å². The Morgan fingerprint density at radius 1 is 1.15 bits per heavy atom. The number of hydrogen-bond acceptors (Lipinski definition) is 7. The fraction of sp³-hybridized carbons (Fsp3) is 0.346. The lowest BCUT2D eigenvalue weighted by molar-refractivity contribution is -0.140. The van der Waals surface area contributed by atoms with Gasteiger partial charge in [-0.05, 0) is 37.3 Å². The number of esters is 1. The third-order valence-corrected chi connectivity index (χ3v) is 6.39. The maximum Gasteiger partial charge on any atom is 0.325 e. The zero-order valence-electron chi connectivity index (χ0n) is 19.5. The van der Waals surface area contributed by atoms with Gasteiger partial charge >= 0.3 is 5.97 Å². The third kappa shape index (κ3) is 4.76. The fourth-order valence-corrected chi connectivity index (χ4v) is 4.69. The Hall–Kier alpha value is -3.81. The van der Waals surface area contributed by atoms with Crippen LogP contribution < -0.4 is 10.2 Å². The van der Waals surface area contributed by atoms with E-state index >= 15 is 0 Å². The number of methoxy groups -OCH3 is 1. The summed E-state index contributed by atoms with van der Waals surface area (Å²) in [5.41, 5.74) is 3.96. The zero-order chi connectivity index (χ0) is 24.1. The van der Waals surface area contributed by atoms with Gasteiger partial charge in [0.2, 0.25) is 0 Å². The van der Waals surface area contributed by atoms with Gasteiger partial charge in [0.1, 0.15) is 6.54 Å². The first-order chi connectivity index (χ1) is 16.5. The number of anilines is 1. The number of aliphatic hydroxyl groups is 1. The van der Waals surface area contributed by atoms with E-state index in [1.54, 1.807) is 13.1 Å². The Kier molecular flexibility index (Phi) is 7.15. The lowest BCUT2D eigenvalue weighted by Crippen LogP contribution is -2.39. The molecule has 0 aliphatic carbocycles. The SMILES string of the molecule is C/C=N\N1Cc2c(cccc2N2CCC(c3ccccc3)CC2)C(O)=C1C(=O)NCC(=O)OC. The largest absolute Gasteiger partial charge is 0.505 e. The van der Waals surface area contributed by atoms with Crippen LogP contribution in [0.25, 0.3) is 5.76 Å². The van der Waals surface area contributed by atoms with Crippen LogP contribution in [-0.4, -0.2) is 55.0 Å². The quantitative estimate of drug-likeness (QED) is 0.505. The molecular weight excluding hydrogens is 432 g/mol. The van der Waals surface area contributed by atoms with Gasteiger partial charge in [-0.1, -0.05) is 42.5 Å². The Labute approximate surface area is 199 Å². The van der Waals surface area contributed by atoms with E-state index in [1.807, 2.05) is 18.2 Å². The Bertz CT molecular complexity index is 1110. The lowest BCUT2D eigenvalue weighted by Gasteiger charge is -2.37. The Balaban J connectivity index is 1.59. The summed E-state index contributed by atoms with van der Waals surface area (Å²) in [6.45, 7) is 3.60. The summed E-state index contributed by atoms with van der Waals surface area (Å²) in [7, 11) is 1.25. The van der Waals surface area contributed by atoms with E-state index in [0.717, 1.165) is 37.2 Å². The molecule has 1 fully saturated rings. The van der Waals surface area contributed by atoms with Crippen LogP contribution in [0, 0.1) is 0 Å². The van der Waals surface area contributed by atoms with Crippen LogP contribution in [0.15, 0.2) is 59.3 Å². The summed E-state index contributed by atoms with van der Waals surface area (Å²) in [5, 5.41) is 19.4. The minimum Gasteiger partial charge on any atom is -0.505 e. The van der Waals surface area contributed by atoms with Crippen LogP contribution >= 0.6 is 0 Å². The van der Waals surface area contributed by atoms with E-state index in [0.29, 0.717) is 18.0 Å². The van der Waals surface area contributed by atoms with Crippen LogP contribution in [0.5, 0.6) is 0 Å². The van der Waals surface area contributed by atoms with E-state index in [2.05, 4.69) is 50.4 Å². The highest BCUT2D eigenvalue weighted by Gasteiger charge is 2.33. The number of nitrogens with one attached hydrogen (secondary N) is 1. The van der Waals surface area contributed by atoms with Crippen LogP contribution in [-0.2, 0) is 20.9 Å². The second-order valence-electron chi connectivity index (χ2n) is 8.36. The Morgan fingerprint density at radius 3 is 2.56 bits per heavy atom. The standard InChI is InChI=1S/C26H30N4O4/c1-3-28-30-17-21-20(25(32)24(30)26(33)27-16-23(31)34-2)10-7-11-22(21)29-14-12-19(13-15-29)18-8-5-4-6-9-18/h3-11,19,32H,12-17H2,1-2H3,(H,27,33)/b28-3-.